The van der Waals surface area contributed by atoms with Gasteiger partial charge in [-0.1, -0.05) is 42.2 Å². The number of benzene rings is 1. The zero-order valence-corrected chi connectivity index (χ0v) is 15.7. The van der Waals surface area contributed by atoms with Crippen molar-refractivity contribution >= 4 is 73.6 Å². The second-order valence-electron chi connectivity index (χ2n) is 5.52. The molecule has 134 valence electrons. The van der Waals surface area contributed by atoms with Gasteiger partial charge < -0.3 is 10.2 Å². The van der Waals surface area contributed by atoms with E-state index in [1.165, 1.54) is 11.3 Å². The summed E-state index contributed by atoms with van der Waals surface area (Å²) < 4.78 is 1.21. The van der Waals surface area contributed by atoms with Gasteiger partial charge in [0.05, 0.1) is 4.91 Å². The fraction of sp³-hybridized carbons (Fsp3) is 0.176. The van der Waals surface area contributed by atoms with Crippen LogP contribution in [0.3, 0.4) is 0 Å². The van der Waals surface area contributed by atoms with Crippen LogP contribution in [-0.4, -0.2) is 43.3 Å². The van der Waals surface area contributed by atoms with E-state index in [0.29, 0.717) is 4.91 Å². The number of thiocarbonyl (C=S) groups is 1. The van der Waals surface area contributed by atoms with Gasteiger partial charge in [-0.25, -0.2) is 4.79 Å². The van der Waals surface area contributed by atoms with Gasteiger partial charge in [-0.05, 0) is 30.0 Å². The fourth-order valence-corrected chi connectivity index (χ4v) is 5.00. The summed E-state index contributed by atoms with van der Waals surface area (Å²) in [6.45, 7) is 0. The highest BCUT2D eigenvalue weighted by molar-refractivity contribution is 8.26. The molecule has 0 saturated carbocycles. The van der Waals surface area contributed by atoms with Gasteiger partial charge in [0.1, 0.15) is 10.4 Å². The van der Waals surface area contributed by atoms with Crippen LogP contribution >= 0.6 is 35.3 Å². The standard InChI is InChI=1S/C17H13NO5S3/c19-14(20)6-5-11(16(22)23)18-15(21)13(26-17(18)24)8-10-7-9-3-1-2-4-12(9)25-10/h1-4,7-8,11H,5-6H2,(H,19,20)(H,22,23)/b13-8-. The smallest absolute Gasteiger partial charge is 0.326 e. The molecule has 1 amide bonds. The number of carboxylic acid groups (broad SMARTS) is 2. The lowest BCUT2D eigenvalue weighted by Gasteiger charge is -2.22. The zero-order valence-electron chi connectivity index (χ0n) is 13.2. The maximum Gasteiger partial charge on any atom is 0.326 e. The summed E-state index contributed by atoms with van der Waals surface area (Å²) in [6.07, 6.45) is 1.14. The average Bonchev–Trinajstić information content (AvgIpc) is 3.09. The van der Waals surface area contributed by atoms with Crippen molar-refractivity contribution in [3.63, 3.8) is 0 Å². The normalized spacial score (nSPS) is 17.2. The molecule has 1 fully saturated rings. The van der Waals surface area contributed by atoms with E-state index in [-0.39, 0.29) is 17.2 Å². The van der Waals surface area contributed by atoms with E-state index in [2.05, 4.69) is 0 Å². The number of carbonyl (C=O) groups is 3. The first-order valence-corrected chi connectivity index (χ1v) is 9.61. The molecule has 1 aliphatic heterocycles. The van der Waals surface area contributed by atoms with Gasteiger partial charge in [0.15, 0.2) is 0 Å². The van der Waals surface area contributed by atoms with Gasteiger partial charge in [-0.2, -0.15) is 0 Å². The highest BCUT2D eigenvalue weighted by atomic mass is 32.2. The Labute approximate surface area is 162 Å². The average molecular weight is 407 g/mol. The third kappa shape index (κ3) is 3.79. The Balaban J connectivity index is 1.87. The number of amides is 1. The van der Waals surface area contributed by atoms with Crippen molar-refractivity contribution in [2.75, 3.05) is 0 Å². The first-order valence-electron chi connectivity index (χ1n) is 7.57. The lowest BCUT2D eigenvalue weighted by atomic mass is 10.1. The lowest BCUT2D eigenvalue weighted by Crippen LogP contribution is -2.44. The van der Waals surface area contributed by atoms with E-state index in [1.807, 2.05) is 30.3 Å². The van der Waals surface area contributed by atoms with Crippen LogP contribution in [0.25, 0.3) is 16.2 Å². The molecule has 2 heterocycles. The van der Waals surface area contributed by atoms with Crippen molar-refractivity contribution in [3.8, 4) is 0 Å². The number of nitrogens with zero attached hydrogens (tertiary/aromatic N) is 1. The van der Waals surface area contributed by atoms with E-state index in [4.69, 9.17) is 17.3 Å². The van der Waals surface area contributed by atoms with Gasteiger partial charge in [-0.3, -0.25) is 14.5 Å². The number of thioether (sulfide) groups is 1. The molecule has 1 unspecified atom stereocenters. The maximum atomic E-state index is 12.7. The van der Waals surface area contributed by atoms with Crippen molar-refractivity contribution in [2.24, 2.45) is 0 Å². The SMILES string of the molecule is O=C(O)CCC(C(=O)O)N1C(=O)/C(=C/c2cc3ccccc3s2)SC1=S. The van der Waals surface area contributed by atoms with Crippen LogP contribution in [0.5, 0.6) is 0 Å². The summed E-state index contributed by atoms with van der Waals surface area (Å²) in [7, 11) is 0. The monoisotopic (exact) mass is 407 g/mol. The van der Waals surface area contributed by atoms with E-state index < -0.39 is 23.9 Å². The summed E-state index contributed by atoms with van der Waals surface area (Å²) in [5.74, 6) is -2.90. The predicted molar refractivity (Wildman–Crippen MR) is 105 cm³/mol. The Morgan fingerprint density at radius 1 is 1.27 bits per heavy atom. The van der Waals surface area contributed by atoms with Crippen LogP contribution in [0, 0.1) is 0 Å². The number of thiophene rings is 1. The molecule has 26 heavy (non-hydrogen) atoms. The molecule has 2 N–H and O–H groups in total. The van der Waals surface area contributed by atoms with Gasteiger partial charge >= 0.3 is 11.9 Å². The Hall–Kier alpha value is -2.23. The van der Waals surface area contributed by atoms with Gasteiger partial charge in [0, 0.05) is 16.0 Å². The second-order valence-corrected chi connectivity index (χ2v) is 8.32. The molecule has 0 spiro atoms. The molecular formula is C17H13NO5S3. The summed E-state index contributed by atoms with van der Waals surface area (Å²) in [5.41, 5.74) is 0. The van der Waals surface area contributed by atoms with Crippen molar-refractivity contribution in [1.82, 2.24) is 4.90 Å². The third-order valence-electron chi connectivity index (χ3n) is 3.77. The number of hydrogen-bond donors (Lipinski definition) is 2. The summed E-state index contributed by atoms with van der Waals surface area (Å²) >= 11 is 7.72. The topological polar surface area (TPSA) is 94.9 Å². The minimum absolute atomic E-state index is 0.125. The van der Waals surface area contributed by atoms with Crippen molar-refractivity contribution in [1.29, 1.82) is 0 Å². The first-order chi connectivity index (χ1) is 12.4. The van der Waals surface area contributed by atoms with Crippen molar-refractivity contribution in [3.05, 3.63) is 40.1 Å². The molecule has 1 aromatic heterocycles. The Bertz CT molecular complexity index is 916. The lowest BCUT2D eigenvalue weighted by molar-refractivity contribution is -0.146. The highest BCUT2D eigenvalue weighted by Gasteiger charge is 2.40. The molecule has 6 nitrogen and oxygen atoms in total. The second kappa shape index (κ2) is 7.56. The predicted octanol–water partition coefficient (Wildman–Crippen LogP) is 3.42. The molecule has 1 saturated heterocycles. The van der Waals surface area contributed by atoms with Gasteiger partial charge in [-0.15, -0.1) is 11.3 Å². The quantitative estimate of drug-likeness (QED) is 0.560. The molecule has 0 aliphatic carbocycles. The summed E-state index contributed by atoms with van der Waals surface area (Å²) in [4.78, 5) is 37.1. The number of rotatable bonds is 6. The number of aliphatic carboxylic acids is 2. The van der Waals surface area contributed by atoms with Crippen LogP contribution < -0.4 is 0 Å². The van der Waals surface area contributed by atoms with E-state index >= 15 is 0 Å². The van der Waals surface area contributed by atoms with Gasteiger partial charge in [0.2, 0.25) is 0 Å². The third-order valence-corrected chi connectivity index (χ3v) is 6.16. The van der Waals surface area contributed by atoms with E-state index in [1.54, 1.807) is 6.08 Å². The fourth-order valence-electron chi connectivity index (χ4n) is 2.57. The summed E-state index contributed by atoms with van der Waals surface area (Å²) in [5, 5.41) is 19.2. The molecule has 0 radical (unpaired) electrons. The highest BCUT2D eigenvalue weighted by Crippen LogP contribution is 2.36. The molecule has 9 heteroatoms. The molecular weight excluding hydrogens is 394 g/mol. The minimum atomic E-state index is -1.29. The van der Waals surface area contributed by atoms with Crippen LogP contribution in [0.1, 0.15) is 17.7 Å². The first kappa shape index (κ1) is 18.6. The Morgan fingerprint density at radius 3 is 2.65 bits per heavy atom. The number of hydrogen-bond acceptors (Lipinski definition) is 6. The van der Waals surface area contributed by atoms with Crippen LogP contribution in [0.4, 0.5) is 0 Å². The largest absolute Gasteiger partial charge is 0.481 e. The molecule has 0 bridgehead atoms. The van der Waals surface area contributed by atoms with Crippen LogP contribution in [-0.2, 0) is 14.4 Å². The van der Waals surface area contributed by atoms with E-state index in [9.17, 15) is 19.5 Å². The Morgan fingerprint density at radius 2 is 2.00 bits per heavy atom. The van der Waals surface area contributed by atoms with E-state index in [0.717, 1.165) is 31.6 Å². The number of fused-ring (bicyclic) bond motifs is 1. The molecule has 1 atom stereocenters. The molecule has 1 aliphatic rings. The van der Waals surface area contributed by atoms with Crippen molar-refractivity contribution < 1.29 is 24.6 Å². The van der Waals surface area contributed by atoms with Gasteiger partial charge in [0.25, 0.3) is 5.91 Å². The minimum Gasteiger partial charge on any atom is -0.481 e. The number of carboxylic acids is 2. The maximum absolute atomic E-state index is 12.7. The van der Waals surface area contributed by atoms with Crippen molar-refractivity contribution in [2.45, 2.75) is 18.9 Å². The molecule has 3 rings (SSSR count). The summed E-state index contributed by atoms with van der Waals surface area (Å²) in [6, 6.07) is 8.48. The number of carbonyl (C=O) groups excluding carboxylic acids is 1. The molecule has 2 aromatic rings. The Kier molecular flexibility index (Phi) is 5.40. The zero-order chi connectivity index (χ0) is 18.8. The molecule has 1 aromatic carbocycles. The van der Waals surface area contributed by atoms with Crippen LogP contribution in [0.2, 0.25) is 0 Å². The van der Waals surface area contributed by atoms with Crippen LogP contribution in [0.15, 0.2) is 35.2 Å².